The Balaban J connectivity index is 2.21. The molecule has 0 spiro atoms. The predicted octanol–water partition coefficient (Wildman–Crippen LogP) is 3.01. The molecule has 17 heavy (non-hydrogen) atoms. The van der Waals surface area contributed by atoms with E-state index in [1.54, 1.807) is 12.1 Å². The zero-order valence-corrected chi connectivity index (χ0v) is 10.4. The summed E-state index contributed by atoms with van der Waals surface area (Å²) in [5, 5.41) is 9.17. The molecule has 3 nitrogen and oxygen atoms in total. The number of piperidine rings is 1. The van der Waals surface area contributed by atoms with Crippen molar-refractivity contribution in [3.63, 3.8) is 0 Å². The molecule has 1 fully saturated rings. The first kappa shape index (κ1) is 12.0. The number of nitrogens with zero attached hydrogens (tertiary/aromatic N) is 1. The number of anilines is 1. The van der Waals surface area contributed by atoms with E-state index in [0.29, 0.717) is 11.0 Å². The number of carbonyl (C=O) groups is 1. The Kier molecular flexibility index (Phi) is 3.09. The number of benzene rings is 1. The van der Waals surface area contributed by atoms with Crippen molar-refractivity contribution in [2.75, 3.05) is 18.0 Å². The predicted molar refractivity (Wildman–Crippen MR) is 68.6 cm³/mol. The zero-order chi connectivity index (χ0) is 12.5. The minimum Gasteiger partial charge on any atom is -0.478 e. The molecule has 0 radical (unpaired) electrons. The van der Waals surface area contributed by atoms with Crippen molar-refractivity contribution in [2.24, 2.45) is 5.41 Å². The lowest BCUT2D eigenvalue weighted by Gasteiger charge is -2.38. The second-order valence-corrected chi connectivity index (χ2v) is 5.47. The van der Waals surface area contributed by atoms with Crippen LogP contribution in [0, 0.1) is 5.41 Å². The first-order valence-corrected chi connectivity index (χ1v) is 6.07. The van der Waals surface area contributed by atoms with E-state index in [1.807, 2.05) is 12.1 Å². The highest BCUT2D eigenvalue weighted by atomic mass is 16.4. The highest BCUT2D eigenvalue weighted by Gasteiger charge is 2.27. The van der Waals surface area contributed by atoms with Gasteiger partial charge in [-0.1, -0.05) is 26.0 Å². The van der Waals surface area contributed by atoms with Gasteiger partial charge in [0.15, 0.2) is 0 Å². The van der Waals surface area contributed by atoms with Crippen LogP contribution in [0.5, 0.6) is 0 Å². The molecule has 1 saturated heterocycles. The van der Waals surface area contributed by atoms with E-state index in [2.05, 4.69) is 18.7 Å². The smallest absolute Gasteiger partial charge is 0.337 e. The summed E-state index contributed by atoms with van der Waals surface area (Å²) in [6.45, 7) is 6.43. The highest BCUT2D eigenvalue weighted by Crippen LogP contribution is 2.33. The molecule has 0 amide bonds. The molecule has 1 N–H and O–H groups in total. The molecule has 92 valence electrons. The van der Waals surface area contributed by atoms with E-state index < -0.39 is 5.97 Å². The number of hydrogen-bond acceptors (Lipinski definition) is 2. The Labute approximate surface area is 102 Å². The van der Waals surface area contributed by atoms with Gasteiger partial charge in [0.1, 0.15) is 0 Å². The summed E-state index contributed by atoms with van der Waals surface area (Å²) in [6.07, 6.45) is 2.22. The third-order valence-electron chi connectivity index (χ3n) is 3.59. The number of hydrogen-bond donors (Lipinski definition) is 1. The topological polar surface area (TPSA) is 40.5 Å². The first-order chi connectivity index (χ1) is 7.99. The van der Waals surface area contributed by atoms with Crippen molar-refractivity contribution < 1.29 is 9.90 Å². The van der Waals surface area contributed by atoms with Crippen LogP contribution in [-0.4, -0.2) is 24.2 Å². The van der Waals surface area contributed by atoms with Crippen LogP contribution in [0.25, 0.3) is 0 Å². The fourth-order valence-electron chi connectivity index (χ4n) is 2.28. The van der Waals surface area contributed by atoms with Crippen LogP contribution in [0.2, 0.25) is 0 Å². The van der Waals surface area contributed by atoms with E-state index in [4.69, 9.17) is 0 Å². The van der Waals surface area contributed by atoms with Gasteiger partial charge in [-0.3, -0.25) is 0 Å². The van der Waals surface area contributed by atoms with Crippen LogP contribution in [0.1, 0.15) is 37.0 Å². The average molecular weight is 233 g/mol. The number of aromatic carboxylic acids is 1. The summed E-state index contributed by atoms with van der Waals surface area (Å²) < 4.78 is 0. The molecule has 0 aromatic heterocycles. The third kappa shape index (κ3) is 2.60. The minimum absolute atomic E-state index is 0.384. The van der Waals surface area contributed by atoms with E-state index in [0.717, 1.165) is 31.6 Å². The maximum atomic E-state index is 11.2. The molecule has 0 unspecified atom stereocenters. The molecule has 0 atom stereocenters. The van der Waals surface area contributed by atoms with Crippen LogP contribution < -0.4 is 4.90 Å². The van der Waals surface area contributed by atoms with E-state index in [9.17, 15) is 9.90 Å². The molecule has 0 bridgehead atoms. The lowest BCUT2D eigenvalue weighted by atomic mass is 9.82. The van der Waals surface area contributed by atoms with Crippen LogP contribution >= 0.6 is 0 Å². The molecular formula is C14H19NO2. The van der Waals surface area contributed by atoms with E-state index >= 15 is 0 Å². The average Bonchev–Trinajstić information content (AvgIpc) is 2.29. The van der Waals surface area contributed by atoms with Crippen molar-refractivity contribution in [3.05, 3.63) is 29.8 Å². The van der Waals surface area contributed by atoms with Gasteiger partial charge in [0.2, 0.25) is 0 Å². The molecule has 1 aromatic rings. The molecule has 3 heteroatoms. The summed E-state index contributed by atoms with van der Waals surface area (Å²) in [5.41, 5.74) is 1.65. The largest absolute Gasteiger partial charge is 0.478 e. The summed E-state index contributed by atoms with van der Waals surface area (Å²) in [4.78, 5) is 13.4. The van der Waals surface area contributed by atoms with Gasteiger partial charge in [-0.25, -0.2) is 4.79 Å². The van der Waals surface area contributed by atoms with E-state index in [1.165, 1.54) is 0 Å². The fourth-order valence-corrected chi connectivity index (χ4v) is 2.28. The zero-order valence-electron chi connectivity index (χ0n) is 10.4. The summed E-state index contributed by atoms with van der Waals surface area (Å²) >= 11 is 0. The van der Waals surface area contributed by atoms with Crippen molar-refractivity contribution in [1.29, 1.82) is 0 Å². The van der Waals surface area contributed by atoms with Gasteiger partial charge in [-0.15, -0.1) is 0 Å². The van der Waals surface area contributed by atoms with Crippen LogP contribution in [0.4, 0.5) is 5.69 Å². The van der Waals surface area contributed by atoms with Crippen molar-refractivity contribution in [1.82, 2.24) is 0 Å². The van der Waals surface area contributed by atoms with E-state index in [-0.39, 0.29) is 0 Å². The Morgan fingerprint density at radius 2 is 1.82 bits per heavy atom. The van der Waals surface area contributed by atoms with Crippen molar-refractivity contribution in [2.45, 2.75) is 26.7 Å². The minimum atomic E-state index is -0.842. The van der Waals surface area contributed by atoms with Gasteiger partial charge in [0, 0.05) is 13.1 Å². The Morgan fingerprint density at radius 3 is 2.41 bits per heavy atom. The summed E-state index contributed by atoms with van der Waals surface area (Å²) in [6, 6.07) is 7.27. The Morgan fingerprint density at radius 1 is 1.24 bits per heavy atom. The van der Waals surface area contributed by atoms with Crippen molar-refractivity contribution in [3.8, 4) is 0 Å². The van der Waals surface area contributed by atoms with Crippen LogP contribution in [-0.2, 0) is 0 Å². The maximum Gasteiger partial charge on any atom is 0.337 e. The van der Waals surface area contributed by atoms with Gasteiger partial charge in [-0.05, 0) is 30.4 Å². The Bertz CT molecular complexity index is 416. The quantitative estimate of drug-likeness (QED) is 0.853. The lowest BCUT2D eigenvalue weighted by Crippen LogP contribution is -2.38. The van der Waals surface area contributed by atoms with Gasteiger partial charge in [0.05, 0.1) is 11.3 Å². The molecular weight excluding hydrogens is 214 g/mol. The fraction of sp³-hybridized carbons (Fsp3) is 0.500. The van der Waals surface area contributed by atoms with Gasteiger partial charge < -0.3 is 10.0 Å². The van der Waals surface area contributed by atoms with Gasteiger partial charge in [-0.2, -0.15) is 0 Å². The molecule has 1 aliphatic rings. The molecule has 2 rings (SSSR count). The highest BCUT2D eigenvalue weighted by molar-refractivity contribution is 5.94. The lowest BCUT2D eigenvalue weighted by molar-refractivity contribution is 0.0697. The second kappa shape index (κ2) is 4.40. The summed E-state index contributed by atoms with van der Waals surface area (Å²) in [7, 11) is 0. The standard InChI is InChI=1S/C14H19NO2/c1-14(2)7-9-15(10-8-14)12-6-4-3-5-11(12)13(16)17/h3-6H,7-10H2,1-2H3,(H,16,17). The molecule has 1 aromatic carbocycles. The monoisotopic (exact) mass is 233 g/mol. The van der Waals surface area contributed by atoms with Crippen LogP contribution in [0.15, 0.2) is 24.3 Å². The normalized spacial score (nSPS) is 19.1. The number of carboxylic acid groups (broad SMARTS) is 1. The molecule has 1 heterocycles. The third-order valence-corrected chi connectivity index (χ3v) is 3.59. The molecule has 1 aliphatic heterocycles. The van der Waals surface area contributed by atoms with Crippen molar-refractivity contribution >= 4 is 11.7 Å². The Hall–Kier alpha value is -1.51. The summed E-state index contributed by atoms with van der Waals surface area (Å²) in [5.74, 6) is -0.842. The van der Waals surface area contributed by atoms with Gasteiger partial charge >= 0.3 is 5.97 Å². The van der Waals surface area contributed by atoms with Crippen LogP contribution in [0.3, 0.4) is 0 Å². The molecule has 0 aliphatic carbocycles. The molecule has 0 saturated carbocycles. The maximum absolute atomic E-state index is 11.2. The number of rotatable bonds is 2. The SMILES string of the molecule is CC1(C)CCN(c2ccccc2C(=O)O)CC1. The second-order valence-electron chi connectivity index (χ2n) is 5.47. The first-order valence-electron chi connectivity index (χ1n) is 6.07. The number of para-hydroxylation sites is 1. The van der Waals surface area contributed by atoms with Gasteiger partial charge in [0.25, 0.3) is 0 Å². The number of carboxylic acids is 1.